The molecule has 0 aromatic heterocycles. The number of benzene rings is 2. The number of hydrogen-bond donors (Lipinski definition) is 0. The van der Waals surface area contributed by atoms with E-state index >= 15 is 0 Å². The summed E-state index contributed by atoms with van der Waals surface area (Å²) >= 11 is 0. The monoisotopic (exact) mass is 410 g/mol. The van der Waals surface area contributed by atoms with Gasteiger partial charge in [-0.1, -0.05) is 60.0 Å². The first-order valence-corrected chi connectivity index (χ1v) is 5.38. The fourth-order valence-electron chi connectivity index (χ4n) is 1.27. The van der Waals surface area contributed by atoms with E-state index in [0.717, 1.165) is 0 Å². The van der Waals surface area contributed by atoms with E-state index in [9.17, 15) is 30.0 Å². The Morgan fingerprint density at radius 1 is 0.667 bits per heavy atom. The van der Waals surface area contributed by atoms with Crippen molar-refractivity contribution in [2.45, 2.75) is 0 Å². The Morgan fingerprint density at radius 2 is 0.952 bits per heavy atom. The Morgan fingerprint density at radius 3 is 1.14 bits per heavy atom. The molecular weight excluding hydrogens is 401 g/mol. The quantitative estimate of drug-likeness (QED) is 0.521. The predicted octanol–water partition coefficient (Wildman–Crippen LogP) is -2.13. The van der Waals surface area contributed by atoms with E-state index in [1.807, 2.05) is 0 Å². The van der Waals surface area contributed by atoms with Crippen LogP contribution < -0.4 is 20.4 Å². The third-order valence-corrected chi connectivity index (χ3v) is 2.21. The van der Waals surface area contributed by atoms with E-state index in [1.165, 1.54) is 48.5 Å². The van der Waals surface area contributed by atoms with Gasteiger partial charge in [0.1, 0.15) is 0 Å². The van der Waals surface area contributed by atoms with Gasteiger partial charge in [0.05, 0.1) is 11.9 Å². The van der Waals surface area contributed by atoms with Crippen molar-refractivity contribution in [3.8, 4) is 11.5 Å². The van der Waals surface area contributed by atoms with Crippen molar-refractivity contribution < 1.29 is 30.0 Å². The van der Waals surface area contributed by atoms with Crippen molar-refractivity contribution in [2.75, 3.05) is 0 Å². The zero-order chi connectivity index (χ0) is 15.1. The molecule has 0 saturated heterocycles. The van der Waals surface area contributed by atoms with Gasteiger partial charge in [0.2, 0.25) is 0 Å². The molecule has 0 atom stereocenters. The summed E-state index contributed by atoms with van der Waals surface area (Å²) in [4.78, 5) is 20.2. The molecule has 2 aromatic rings. The van der Waals surface area contributed by atoms with Crippen molar-refractivity contribution in [3.63, 3.8) is 0 Å². The van der Waals surface area contributed by atoms with Crippen LogP contribution in [-0.2, 0) is 0 Å². The first-order valence-electron chi connectivity index (χ1n) is 5.38. The van der Waals surface area contributed by atoms with Crippen molar-refractivity contribution in [3.05, 3.63) is 59.7 Å². The van der Waals surface area contributed by atoms with Gasteiger partial charge in [-0.15, -0.1) is 0 Å². The van der Waals surface area contributed by atoms with Gasteiger partial charge in [-0.05, 0) is 11.1 Å². The molecule has 21 heavy (non-hydrogen) atoms. The smallest absolute Gasteiger partial charge is 0.872 e. The molecular formula is C14H8BaO6-2. The maximum atomic E-state index is 10.6. The van der Waals surface area contributed by atoms with Crippen LogP contribution in [0.25, 0.3) is 0 Å². The van der Waals surface area contributed by atoms with Crippen LogP contribution in [0.2, 0.25) is 0 Å². The maximum Gasteiger partial charge on any atom is 2.00 e. The summed E-state index contributed by atoms with van der Waals surface area (Å²) in [7, 11) is 0. The Bertz CT molecular complexity index is 571. The van der Waals surface area contributed by atoms with Crippen molar-refractivity contribution in [1.82, 2.24) is 0 Å². The Hall–Kier alpha value is -1.45. The van der Waals surface area contributed by atoms with E-state index in [1.54, 1.807) is 0 Å². The number of para-hydroxylation sites is 2. The molecule has 0 bridgehead atoms. The third-order valence-electron chi connectivity index (χ3n) is 2.21. The Balaban J connectivity index is 0.000000364. The van der Waals surface area contributed by atoms with Gasteiger partial charge in [0.15, 0.2) is 0 Å². The van der Waals surface area contributed by atoms with E-state index in [4.69, 9.17) is 0 Å². The minimum absolute atomic E-state index is 0. The van der Waals surface area contributed by atoms with Crippen LogP contribution in [-0.4, -0.2) is 60.8 Å². The molecule has 0 aliphatic heterocycles. The zero-order valence-electron chi connectivity index (χ0n) is 10.8. The minimum Gasteiger partial charge on any atom is -0.872 e. The van der Waals surface area contributed by atoms with Crippen LogP contribution in [0, 0.1) is 0 Å². The molecule has 0 amide bonds. The van der Waals surface area contributed by atoms with Gasteiger partial charge in [0, 0.05) is 0 Å². The second-order valence-corrected chi connectivity index (χ2v) is 3.57. The molecule has 2 aromatic carbocycles. The van der Waals surface area contributed by atoms with Gasteiger partial charge in [0.25, 0.3) is 0 Å². The van der Waals surface area contributed by atoms with Crippen LogP contribution in [0.4, 0.5) is 0 Å². The molecule has 0 spiro atoms. The van der Waals surface area contributed by atoms with Gasteiger partial charge >= 0.3 is 48.9 Å². The molecule has 0 unspecified atom stereocenters. The van der Waals surface area contributed by atoms with E-state index in [2.05, 4.69) is 0 Å². The van der Waals surface area contributed by atoms with E-state index in [0.29, 0.717) is 0 Å². The fraction of sp³-hybridized carbons (Fsp3) is 0. The average Bonchev–Trinajstić information content (AvgIpc) is 2.40. The molecule has 0 N–H and O–H groups in total. The number of carbonyl (C=O) groups is 2. The number of rotatable bonds is 2. The molecule has 7 heteroatoms. The summed E-state index contributed by atoms with van der Waals surface area (Å²) in [5.41, 5.74) is -0.579. The molecule has 0 aliphatic carbocycles. The number of aromatic carboxylic acids is 2. The normalized spacial score (nSPS) is 8.76. The molecule has 104 valence electrons. The number of hydrogen-bond acceptors (Lipinski definition) is 6. The van der Waals surface area contributed by atoms with Crippen molar-refractivity contribution >= 4 is 60.8 Å². The SMILES string of the molecule is O=C([O-])c1ccccc1[O-].O=C([O-])c1ccccc1[O-].[Ba+2]. The third kappa shape index (κ3) is 6.23. The van der Waals surface area contributed by atoms with Crippen LogP contribution in [0.5, 0.6) is 11.5 Å². The number of carboxylic acids is 2. The van der Waals surface area contributed by atoms with Crippen LogP contribution >= 0.6 is 0 Å². The topological polar surface area (TPSA) is 126 Å². The predicted molar refractivity (Wildman–Crippen MR) is 66.2 cm³/mol. The van der Waals surface area contributed by atoms with Crippen LogP contribution in [0.15, 0.2) is 48.5 Å². The van der Waals surface area contributed by atoms with E-state index in [-0.39, 0.29) is 60.0 Å². The van der Waals surface area contributed by atoms with Crippen LogP contribution in [0.3, 0.4) is 0 Å². The second kappa shape index (κ2) is 9.48. The molecule has 0 fully saturated rings. The Labute approximate surface area is 160 Å². The number of carboxylic acid groups (broad SMARTS) is 2. The van der Waals surface area contributed by atoms with Crippen LogP contribution in [0.1, 0.15) is 20.7 Å². The summed E-state index contributed by atoms with van der Waals surface area (Å²) in [5.74, 6) is -3.87. The summed E-state index contributed by atoms with van der Waals surface area (Å²) in [6.45, 7) is 0. The summed E-state index contributed by atoms with van der Waals surface area (Å²) in [5, 5.41) is 41.5. The van der Waals surface area contributed by atoms with E-state index < -0.39 is 23.4 Å². The largest absolute Gasteiger partial charge is 2.00 e. The second-order valence-electron chi connectivity index (χ2n) is 3.57. The van der Waals surface area contributed by atoms with Gasteiger partial charge < -0.3 is 30.0 Å². The molecule has 0 aliphatic rings. The molecule has 0 heterocycles. The molecule has 2 rings (SSSR count). The molecule has 0 radical (unpaired) electrons. The summed E-state index contributed by atoms with van der Waals surface area (Å²) in [6.07, 6.45) is 0. The Kier molecular flexibility index (Phi) is 8.83. The maximum absolute atomic E-state index is 10.6. The summed E-state index contributed by atoms with van der Waals surface area (Å²) in [6, 6.07) is 10.7. The standard InChI is InChI=1S/2C7H6O3.Ba/c2*8-6-4-2-1-3-5(6)7(9)10;/h2*1-4,8H,(H,9,10);/q;;+2/p-4. The number of carbonyl (C=O) groups excluding carboxylic acids is 2. The van der Waals surface area contributed by atoms with Crippen molar-refractivity contribution in [2.24, 2.45) is 0 Å². The average molecular weight is 410 g/mol. The van der Waals surface area contributed by atoms with Gasteiger partial charge in [-0.2, -0.15) is 0 Å². The first-order chi connectivity index (χ1) is 9.43. The van der Waals surface area contributed by atoms with Gasteiger partial charge in [-0.25, -0.2) is 0 Å². The first kappa shape index (κ1) is 19.6. The van der Waals surface area contributed by atoms with Crippen molar-refractivity contribution in [1.29, 1.82) is 0 Å². The molecule has 0 saturated carbocycles. The fourth-order valence-corrected chi connectivity index (χ4v) is 1.27. The zero-order valence-corrected chi connectivity index (χ0v) is 15.2. The molecule has 6 nitrogen and oxygen atoms in total. The minimum atomic E-state index is -1.43. The summed E-state index contributed by atoms with van der Waals surface area (Å²) < 4.78 is 0. The van der Waals surface area contributed by atoms with Gasteiger partial charge in [-0.3, -0.25) is 0 Å².